The zero-order valence-electron chi connectivity index (χ0n) is 18.7. The second-order valence-electron chi connectivity index (χ2n) is 8.01. The highest BCUT2D eigenvalue weighted by molar-refractivity contribution is 6.33. The monoisotopic (exact) mass is 435 g/mol. The standard InChI is InChI=1S/C23H38ClN5O/c1-3-25-23(29-14-10-20(11-15-29)30-4-2)26-12-7-13-27-16-18-28(19-17-27)22-9-6-5-8-21(22)24/h5-6,8-9,20H,3-4,7,10-19H2,1-2H3,(H,25,26). The average Bonchev–Trinajstić information content (AvgIpc) is 2.78. The van der Waals surface area contributed by atoms with Gasteiger partial charge in [0, 0.05) is 65.5 Å². The van der Waals surface area contributed by atoms with Crippen LogP contribution < -0.4 is 10.2 Å². The number of benzene rings is 1. The Labute approximate surface area is 187 Å². The third-order valence-corrected chi connectivity index (χ3v) is 6.26. The predicted octanol–water partition coefficient (Wildman–Crippen LogP) is 3.32. The lowest BCUT2D eigenvalue weighted by Gasteiger charge is -2.36. The number of piperazine rings is 1. The lowest BCUT2D eigenvalue weighted by molar-refractivity contribution is 0.0264. The van der Waals surface area contributed by atoms with Gasteiger partial charge in [-0.05, 0) is 45.2 Å². The van der Waals surface area contributed by atoms with Gasteiger partial charge in [-0.1, -0.05) is 23.7 Å². The van der Waals surface area contributed by atoms with Crippen molar-refractivity contribution in [2.45, 2.75) is 39.2 Å². The number of anilines is 1. The molecular weight excluding hydrogens is 398 g/mol. The molecule has 0 aromatic heterocycles. The van der Waals surface area contributed by atoms with E-state index in [2.05, 4.69) is 46.0 Å². The summed E-state index contributed by atoms with van der Waals surface area (Å²) in [6, 6.07) is 8.15. The summed E-state index contributed by atoms with van der Waals surface area (Å²) >= 11 is 6.35. The summed E-state index contributed by atoms with van der Waals surface area (Å²) in [5.74, 6) is 1.07. The molecule has 0 bridgehead atoms. The summed E-state index contributed by atoms with van der Waals surface area (Å²) in [5.41, 5.74) is 1.16. The van der Waals surface area contributed by atoms with Crippen LogP contribution in [0.1, 0.15) is 33.1 Å². The van der Waals surface area contributed by atoms with E-state index in [1.54, 1.807) is 0 Å². The third kappa shape index (κ3) is 6.76. The van der Waals surface area contributed by atoms with Crippen LogP contribution in [0.3, 0.4) is 0 Å². The van der Waals surface area contributed by atoms with E-state index in [1.807, 2.05) is 12.1 Å². The molecule has 1 aromatic carbocycles. The SMILES string of the molecule is CCNC(=NCCCN1CCN(c2ccccc2Cl)CC1)N1CCC(OCC)CC1. The molecule has 2 saturated heterocycles. The fourth-order valence-corrected chi connectivity index (χ4v) is 4.55. The van der Waals surface area contributed by atoms with Crippen molar-refractivity contribution in [3.8, 4) is 0 Å². The van der Waals surface area contributed by atoms with E-state index in [1.165, 1.54) is 0 Å². The maximum Gasteiger partial charge on any atom is 0.193 e. The van der Waals surface area contributed by atoms with E-state index < -0.39 is 0 Å². The lowest BCUT2D eigenvalue weighted by Crippen LogP contribution is -2.47. The molecule has 30 heavy (non-hydrogen) atoms. The Morgan fingerprint density at radius 1 is 1.10 bits per heavy atom. The van der Waals surface area contributed by atoms with E-state index in [-0.39, 0.29) is 0 Å². The number of piperidine rings is 1. The molecule has 0 aliphatic carbocycles. The van der Waals surface area contributed by atoms with Crippen LogP contribution in [0.4, 0.5) is 5.69 Å². The first kappa shape index (κ1) is 23.2. The zero-order chi connectivity index (χ0) is 21.2. The van der Waals surface area contributed by atoms with Gasteiger partial charge in [0.1, 0.15) is 0 Å². The van der Waals surface area contributed by atoms with Crippen LogP contribution in [0.15, 0.2) is 29.3 Å². The van der Waals surface area contributed by atoms with E-state index in [9.17, 15) is 0 Å². The van der Waals surface area contributed by atoms with Gasteiger partial charge in [-0.3, -0.25) is 9.89 Å². The number of aliphatic imine (C=N–C) groups is 1. The van der Waals surface area contributed by atoms with Crippen LogP contribution in [0.5, 0.6) is 0 Å². The topological polar surface area (TPSA) is 43.3 Å². The van der Waals surface area contributed by atoms with Crippen molar-refractivity contribution >= 4 is 23.2 Å². The molecule has 0 radical (unpaired) electrons. The largest absolute Gasteiger partial charge is 0.378 e. The van der Waals surface area contributed by atoms with Crippen LogP contribution in [-0.4, -0.2) is 87.4 Å². The minimum absolute atomic E-state index is 0.415. The molecule has 1 N–H and O–H groups in total. The van der Waals surface area contributed by atoms with Crippen LogP contribution in [-0.2, 0) is 4.74 Å². The summed E-state index contributed by atoms with van der Waals surface area (Å²) < 4.78 is 5.78. The van der Waals surface area contributed by atoms with Gasteiger partial charge in [-0.2, -0.15) is 0 Å². The van der Waals surface area contributed by atoms with Crippen molar-refractivity contribution in [3.63, 3.8) is 0 Å². The molecule has 6 nitrogen and oxygen atoms in total. The maximum atomic E-state index is 6.35. The molecule has 0 saturated carbocycles. The number of hydrogen-bond donors (Lipinski definition) is 1. The Bertz CT molecular complexity index is 655. The molecule has 3 rings (SSSR count). The van der Waals surface area contributed by atoms with Crippen LogP contribution in [0.25, 0.3) is 0 Å². The Hall–Kier alpha value is -1.50. The van der Waals surface area contributed by atoms with Gasteiger partial charge in [-0.25, -0.2) is 0 Å². The first-order valence-corrected chi connectivity index (χ1v) is 12.0. The molecule has 2 fully saturated rings. The fraction of sp³-hybridized carbons (Fsp3) is 0.696. The Morgan fingerprint density at radius 2 is 1.83 bits per heavy atom. The Kier molecular flexibility index (Phi) is 9.56. The van der Waals surface area contributed by atoms with Gasteiger partial charge in [0.15, 0.2) is 5.96 Å². The number of ether oxygens (including phenoxy) is 1. The fourth-order valence-electron chi connectivity index (χ4n) is 4.30. The average molecular weight is 436 g/mol. The van der Waals surface area contributed by atoms with Gasteiger partial charge in [-0.15, -0.1) is 0 Å². The highest BCUT2D eigenvalue weighted by Crippen LogP contribution is 2.26. The van der Waals surface area contributed by atoms with Crippen molar-refractivity contribution < 1.29 is 4.74 Å². The Morgan fingerprint density at radius 3 is 2.50 bits per heavy atom. The quantitative estimate of drug-likeness (QED) is 0.385. The molecule has 2 heterocycles. The normalized spacial score (nSPS) is 19.4. The zero-order valence-corrected chi connectivity index (χ0v) is 19.4. The molecule has 0 spiro atoms. The van der Waals surface area contributed by atoms with Gasteiger partial charge in [0.05, 0.1) is 16.8 Å². The molecular formula is C23H38ClN5O. The number of rotatable bonds is 8. The van der Waals surface area contributed by atoms with E-state index >= 15 is 0 Å². The number of hydrogen-bond acceptors (Lipinski definition) is 4. The highest BCUT2D eigenvalue weighted by atomic mass is 35.5. The summed E-state index contributed by atoms with van der Waals surface area (Å²) in [6.07, 6.45) is 3.69. The second kappa shape index (κ2) is 12.4. The molecule has 2 aliphatic rings. The van der Waals surface area contributed by atoms with E-state index in [0.29, 0.717) is 6.10 Å². The first-order chi connectivity index (χ1) is 14.7. The molecule has 2 aliphatic heterocycles. The van der Waals surface area contributed by atoms with Crippen LogP contribution in [0.2, 0.25) is 5.02 Å². The summed E-state index contributed by atoms with van der Waals surface area (Å²) in [6.45, 7) is 14.2. The minimum Gasteiger partial charge on any atom is -0.378 e. The van der Waals surface area contributed by atoms with Crippen molar-refractivity contribution in [2.75, 3.05) is 70.4 Å². The van der Waals surface area contributed by atoms with Crippen LogP contribution in [0, 0.1) is 0 Å². The smallest absolute Gasteiger partial charge is 0.193 e. The number of nitrogens with one attached hydrogen (secondary N) is 1. The predicted molar refractivity (Wildman–Crippen MR) is 127 cm³/mol. The van der Waals surface area contributed by atoms with Crippen molar-refractivity contribution in [1.29, 1.82) is 0 Å². The second-order valence-corrected chi connectivity index (χ2v) is 8.42. The van der Waals surface area contributed by atoms with Crippen molar-refractivity contribution in [1.82, 2.24) is 15.1 Å². The van der Waals surface area contributed by atoms with E-state index in [4.69, 9.17) is 21.3 Å². The highest BCUT2D eigenvalue weighted by Gasteiger charge is 2.22. The molecule has 0 unspecified atom stereocenters. The van der Waals surface area contributed by atoms with Gasteiger partial charge >= 0.3 is 0 Å². The molecule has 0 atom stereocenters. The van der Waals surface area contributed by atoms with Gasteiger partial charge in [0.2, 0.25) is 0 Å². The lowest BCUT2D eigenvalue weighted by atomic mass is 10.1. The van der Waals surface area contributed by atoms with Crippen molar-refractivity contribution in [3.05, 3.63) is 29.3 Å². The molecule has 168 valence electrons. The molecule has 0 amide bonds. The third-order valence-electron chi connectivity index (χ3n) is 5.94. The number of nitrogens with zero attached hydrogens (tertiary/aromatic N) is 4. The number of para-hydroxylation sites is 1. The number of guanidine groups is 1. The summed E-state index contributed by atoms with van der Waals surface area (Å²) in [5, 5.41) is 4.32. The molecule has 1 aromatic rings. The number of halogens is 1. The van der Waals surface area contributed by atoms with Crippen molar-refractivity contribution in [2.24, 2.45) is 4.99 Å². The molecule has 7 heteroatoms. The Balaban J connectivity index is 1.39. The van der Waals surface area contributed by atoms with Gasteiger partial charge in [0.25, 0.3) is 0 Å². The summed E-state index contributed by atoms with van der Waals surface area (Å²) in [4.78, 5) is 12.2. The summed E-state index contributed by atoms with van der Waals surface area (Å²) in [7, 11) is 0. The number of likely N-dealkylation sites (tertiary alicyclic amines) is 1. The van der Waals surface area contributed by atoms with Gasteiger partial charge < -0.3 is 19.9 Å². The minimum atomic E-state index is 0.415. The van der Waals surface area contributed by atoms with Crippen LogP contribution >= 0.6 is 11.6 Å². The van der Waals surface area contributed by atoms with E-state index in [0.717, 1.165) is 101 Å². The maximum absolute atomic E-state index is 6.35. The first-order valence-electron chi connectivity index (χ1n) is 11.6.